The third-order valence-electron chi connectivity index (χ3n) is 3.06. The molecule has 17 heavy (non-hydrogen) atoms. The second-order valence-corrected chi connectivity index (χ2v) is 4.31. The zero-order valence-electron chi connectivity index (χ0n) is 9.69. The van der Waals surface area contributed by atoms with Crippen LogP contribution < -0.4 is 5.48 Å². The van der Waals surface area contributed by atoms with Crippen LogP contribution in [0.15, 0.2) is 24.3 Å². The Morgan fingerprint density at radius 3 is 2.76 bits per heavy atom. The Morgan fingerprint density at radius 2 is 2.06 bits per heavy atom. The van der Waals surface area contributed by atoms with E-state index in [-0.39, 0.29) is 6.10 Å². The largest absolute Gasteiger partial charge is 0.478 e. The lowest BCUT2D eigenvalue weighted by atomic mass is 10.1. The van der Waals surface area contributed by atoms with E-state index in [1.54, 1.807) is 18.2 Å². The van der Waals surface area contributed by atoms with E-state index in [4.69, 9.17) is 9.94 Å². The molecule has 0 bridgehead atoms. The second kappa shape index (κ2) is 5.80. The molecule has 1 aliphatic rings. The van der Waals surface area contributed by atoms with E-state index in [1.165, 1.54) is 12.8 Å². The van der Waals surface area contributed by atoms with E-state index < -0.39 is 5.97 Å². The lowest BCUT2D eigenvalue weighted by Crippen LogP contribution is -2.22. The third-order valence-corrected chi connectivity index (χ3v) is 3.06. The number of rotatable bonds is 5. The fraction of sp³-hybridized carbons (Fsp3) is 0.462. The summed E-state index contributed by atoms with van der Waals surface area (Å²) in [5, 5.41) is 9.01. The summed E-state index contributed by atoms with van der Waals surface area (Å²) in [5.41, 5.74) is 3.95. The Labute approximate surface area is 101 Å². The van der Waals surface area contributed by atoms with Gasteiger partial charge in [-0.3, -0.25) is 4.84 Å². The molecule has 1 aliphatic carbocycles. The molecule has 0 radical (unpaired) electrons. The van der Waals surface area contributed by atoms with E-state index in [0.29, 0.717) is 12.1 Å². The Balaban J connectivity index is 1.87. The molecule has 1 aromatic carbocycles. The second-order valence-electron chi connectivity index (χ2n) is 4.31. The molecule has 1 aromatic rings. The Morgan fingerprint density at radius 1 is 1.35 bits per heavy atom. The van der Waals surface area contributed by atoms with Crippen LogP contribution in [0.2, 0.25) is 0 Å². The van der Waals surface area contributed by atoms with Gasteiger partial charge in [0, 0.05) is 6.54 Å². The summed E-state index contributed by atoms with van der Waals surface area (Å²) in [6.45, 7) is 0.430. The van der Waals surface area contributed by atoms with E-state index >= 15 is 0 Å². The summed E-state index contributed by atoms with van der Waals surface area (Å²) in [6, 6.07) is 6.97. The topological polar surface area (TPSA) is 58.6 Å². The predicted octanol–water partition coefficient (Wildman–Crippen LogP) is 2.35. The molecular formula is C13H17NO3. The number of nitrogens with one attached hydrogen (secondary N) is 1. The van der Waals surface area contributed by atoms with Gasteiger partial charge in [0.2, 0.25) is 0 Å². The van der Waals surface area contributed by atoms with Crippen LogP contribution in [0.4, 0.5) is 0 Å². The van der Waals surface area contributed by atoms with E-state index in [1.807, 2.05) is 6.07 Å². The van der Waals surface area contributed by atoms with Crippen molar-refractivity contribution in [2.24, 2.45) is 0 Å². The number of carboxylic acids is 1. The molecule has 0 amide bonds. The van der Waals surface area contributed by atoms with E-state index in [9.17, 15) is 4.79 Å². The van der Waals surface area contributed by atoms with Crippen LogP contribution in [0, 0.1) is 0 Å². The Hall–Kier alpha value is -1.39. The number of hydrogen-bond acceptors (Lipinski definition) is 3. The molecule has 0 atom stereocenters. The molecule has 0 heterocycles. The molecule has 2 N–H and O–H groups in total. The summed E-state index contributed by atoms with van der Waals surface area (Å²) >= 11 is 0. The Bertz CT molecular complexity index is 386. The first-order valence-electron chi connectivity index (χ1n) is 5.97. The van der Waals surface area contributed by atoms with Crippen molar-refractivity contribution in [2.45, 2.75) is 38.3 Å². The van der Waals surface area contributed by atoms with Crippen LogP contribution in [-0.4, -0.2) is 17.2 Å². The van der Waals surface area contributed by atoms with Crippen molar-refractivity contribution < 1.29 is 14.7 Å². The lowest BCUT2D eigenvalue weighted by molar-refractivity contribution is -0.0245. The van der Waals surface area contributed by atoms with Gasteiger partial charge in [-0.1, -0.05) is 31.0 Å². The molecule has 4 nitrogen and oxygen atoms in total. The predicted molar refractivity (Wildman–Crippen MR) is 63.6 cm³/mol. The summed E-state index contributed by atoms with van der Waals surface area (Å²) in [4.78, 5) is 16.5. The van der Waals surface area contributed by atoms with Crippen molar-refractivity contribution in [3.05, 3.63) is 35.4 Å². The monoisotopic (exact) mass is 235 g/mol. The van der Waals surface area contributed by atoms with Crippen molar-refractivity contribution in [3.63, 3.8) is 0 Å². The van der Waals surface area contributed by atoms with Crippen molar-refractivity contribution in [3.8, 4) is 0 Å². The van der Waals surface area contributed by atoms with Gasteiger partial charge < -0.3 is 5.11 Å². The average Bonchev–Trinajstić information content (AvgIpc) is 2.82. The van der Waals surface area contributed by atoms with Gasteiger partial charge in [-0.05, 0) is 24.5 Å². The quantitative estimate of drug-likeness (QED) is 0.769. The Kier molecular flexibility index (Phi) is 4.12. The normalized spacial score (nSPS) is 16.2. The van der Waals surface area contributed by atoms with Crippen LogP contribution >= 0.6 is 0 Å². The highest BCUT2D eigenvalue weighted by atomic mass is 16.7. The molecule has 4 heteroatoms. The van der Waals surface area contributed by atoms with Gasteiger partial charge in [0.1, 0.15) is 0 Å². The highest BCUT2D eigenvalue weighted by Gasteiger charge is 2.16. The van der Waals surface area contributed by atoms with Gasteiger partial charge >= 0.3 is 5.97 Å². The van der Waals surface area contributed by atoms with Crippen LogP contribution in [0.25, 0.3) is 0 Å². The molecule has 0 aromatic heterocycles. The number of carbonyl (C=O) groups is 1. The van der Waals surface area contributed by atoms with Crippen LogP contribution in [0.5, 0.6) is 0 Å². The van der Waals surface area contributed by atoms with E-state index in [0.717, 1.165) is 18.4 Å². The molecule has 0 spiro atoms. The fourth-order valence-electron chi connectivity index (χ4n) is 2.13. The summed E-state index contributed by atoms with van der Waals surface area (Å²) in [6.07, 6.45) is 4.91. The zero-order valence-corrected chi connectivity index (χ0v) is 9.69. The van der Waals surface area contributed by atoms with Crippen molar-refractivity contribution in [2.75, 3.05) is 0 Å². The molecule has 1 saturated carbocycles. The summed E-state index contributed by atoms with van der Waals surface area (Å²) < 4.78 is 0. The van der Waals surface area contributed by atoms with Gasteiger partial charge in [0.05, 0.1) is 11.7 Å². The maximum Gasteiger partial charge on any atom is 0.336 e. The molecular weight excluding hydrogens is 218 g/mol. The molecule has 0 unspecified atom stereocenters. The van der Waals surface area contributed by atoms with Crippen LogP contribution in [0.3, 0.4) is 0 Å². The van der Waals surface area contributed by atoms with Crippen molar-refractivity contribution >= 4 is 5.97 Å². The fourth-order valence-corrected chi connectivity index (χ4v) is 2.13. The van der Waals surface area contributed by atoms with Gasteiger partial charge in [-0.15, -0.1) is 0 Å². The number of hydrogen-bond donors (Lipinski definition) is 2. The van der Waals surface area contributed by atoms with Crippen LogP contribution in [0.1, 0.15) is 41.6 Å². The first-order chi connectivity index (χ1) is 8.27. The minimum absolute atomic E-state index is 0.284. The van der Waals surface area contributed by atoms with Gasteiger partial charge in [-0.2, -0.15) is 5.48 Å². The highest BCUT2D eigenvalue weighted by Crippen LogP contribution is 2.20. The molecule has 92 valence electrons. The van der Waals surface area contributed by atoms with Crippen molar-refractivity contribution in [1.82, 2.24) is 5.48 Å². The van der Waals surface area contributed by atoms with E-state index in [2.05, 4.69) is 5.48 Å². The molecule has 1 fully saturated rings. The first-order valence-corrected chi connectivity index (χ1v) is 5.97. The minimum atomic E-state index is -0.900. The molecule has 0 aliphatic heterocycles. The zero-order chi connectivity index (χ0) is 12.1. The first kappa shape index (κ1) is 12.1. The average molecular weight is 235 g/mol. The number of hydroxylamine groups is 1. The molecule has 2 rings (SSSR count). The van der Waals surface area contributed by atoms with Gasteiger partial charge in [-0.25, -0.2) is 4.79 Å². The van der Waals surface area contributed by atoms with Gasteiger partial charge in [0.15, 0.2) is 0 Å². The summed E-state index contributed by atoms with van der Waals surface area (Å²) in [5.74, 6) is -0.900. The summed E-state index contributed by atoms with van der Waals surface area (Å²) in [7, 11) is 0. The lowest BCUT2D eigenvalue weighted by Gasteiger charge is -2.12. The standard InChI is InChI=1S/C13H17NO3/c15-13(16)12-8-4-1-5-10(12)9-14-17-11-6-2-3-7-11/h1,4-5,8,11,14H,2-3,6-7,9H2,(H,15,16). The number of aromatic carboxylic acids is 1. The number of carboxylic acid groups (broad SMARTS) is 1. The molecule has 0 saturated heterocycles. The van der Waals surface area contributed by atoms with Crippen molar-refractivity contribution in [1.29, 1.82) is 0 Å². The maximum absolute atomic E-state index is 11.0. The smallest absolute Gasteiger partial charge is 0.336 e. The SMILES string of the molecule is O=C(O)c1ccccc1CNOC1CCCC1. The minimum Gasteiger partial charge on any atom is -0.478 e. The van der Waals surface area contributed by atoms with Crippen LogP contribution in [-0.2, 0) is 11.4 Å². The third kappa shape index (κ3) is 3.28. The number of benzene rings is 1. The van der Waals surface area contributed by atoms with Gasteiger partial charge in [0.25, 0.3) is 0 Å². The maximum atomic E-state index is 11.0. The highest BCUT2D eigenvalue weighted by molar-refractivity contribution is 5.89.